The van der Waals surface area contributed by atoms with E-state index in [4.69, 9.17) is 4.84 Å². The van der Waals surface area contributed by atoms with E-state index in [0.717, 1.165) is 21.6 Å². The number of carbonyl (C=O) groups excluding carboxylic acids is 1. The number of aromatic nitrogens is 2. The van der Waals surface area contributed by atoms with Crippen LogP contribution in [-0.4, -0.2) is 28.4 Å². The first-order valence-electron chi connectivity index (χ1n) is 7.28. The number of rotatable bonds is 9. The quantitative estimate of drug-likeness (QED) is 0.534. The molecule has 1 amide bonds. The normalized spacial score (nSPS) is 10.7. The van der Waals surface area contributed by atoms with Crippen molar-refractivity contribution in [1.29, 1.82) is 0 Å². The van der Waals surface area contributed by atoms with Crippen molar-refractivity contribution < 1.29 is 9.63 Å². The first-order chi connectivity index (χ1) is 11.1. The number of hydrogen-bond acceptors (Lipinski definition) is 7. The number of hydrogen-bond donors (Lipinski definition) is 2. The van der Waals surface area contributed by atoms with Crippen LogP contribution in [-0.2, 0) is 16.2 Å². The summed E-state index contributed by atoms with van der Waals surface area (Å²) in [6.45, 7) is 5.46. The standard InChI is InChI=1S/C15H20N4O2S2/c1-11(2)8-16-14-17-18-15(23-14)22-10-13(20)19-21-9-12-6-4-3-5-7-12/h3-7,11H,8-10H2,1-2H3,(H,16,17)(H,19,20). The van der Waals surface area contributed by atoms with E-state index in [1.165, 1.54) is 23.1 Å². The van der Waals surface area contributed by atoms with Crippen LogP contribution in [0.25, 0.3) is 0 Å². The molecule has 1 heterocycles. The molecule has 124 valence electrons. The van der Waals surface area contributed by atoms with E-state index in [-0.39, 0.29) is 11.7 Å². The van der Waals surface area contributed by atoms with Gasteiger partial charge in [-0.05, 0) is 11.5 Å². The van der Waals surface area contributed by atoms with E-state index in [9.17, 15) is 4.79 Å². The molecule has 6 nitrogen and oxygen atoms in total. The molecule has 0 radical (unpaired) electrons. The number of carbonyl (C=O) groups is 1. The van der Waals surface area contributed by atoms with Crippen molar-refractivity contribution in [2.75, 3.05) is 17.6 Å². The van der Waals surface area contributed by atoms with Crippen LogP contribution >= 0.6 is 23.1 Å². The maximum atomic E-state index is 11.7. The second-order valence-electron chi connectivity index (χ2n) is 5.24. The number of anilines is 1. The first kappa shape index (κ1) is 17.7. The van der Waals surface area contributed by atoms with Crippen LogP contribution in [0.2, 0.25) is 0 Å². The minimum absolute atomic E-state index is 0.196. The molecule has 2 N–H and O–H groups in total. The Kier molecular flexibility index (Phi) is 7.31. The Labute approximate surface area is 144 Å². The summed E-state index contributed by atoms with van der Waals surface area (Å²) in [5.41, 5.74) is 3.43. The molecule has 8 heteroatoms. The summed E-state index contributed by atoms with van der Waals surface area (Å²) in [5, 5.41) is 12.1. The van der Waals surface area contributed by atoms with E-state index in [2.05, 4.69) is 34.8 Å². The number of amides is 1. The van der Waals surface area contributed by atoms with Gasteiger partial charge in [0.15, 0.2) is 4.34 Å². The van der Waals surface area contributed by atoms with Crippen molar-refractivity contribution in [2.45, 2.75) is 24.8 Å². The van der Waals surface area contributed by atoms with Crippen molar-refractivity contribution >= 4 is 34.1 Å². The lowest BCUT2D eigenvalue weighted by molar-refractivity contribution is -0.131. The number of thioether (sulfide) groups is 1. The second kappa shape index (κ2) is 9.49. The molecule has 0 aliphatic carbocycles. The van der Waals surface area contributed by atoms with E-state index >= 15 is 0 Å². The lowest BCUT2D eigenvalue weighted by Crippen LogP contribution is -2.25. The third kappa shape index (κ3) is 6.98. The summed E-state index contributed by atoms with van der Waals surface area (Å²) in [6, 6.07) is 9.67. The lowest BCUT2D eigenvalue weighted by atomic mass is 10.2. The van der Waals surface area contributed by atoms with Gasteiger partial charge in [0.05, 0.1) is 12.4 Å². The Morgan fingerprint density at radius 2 is 2.09 bits per heavy atom. The second-order valence-corrected chi connectivity index (χ2v) is 7.44. The summed E-state index contributed by atoms with van der Waals surface area (Å²) in [7, 11) is 0. The molecule has 0 aliphatic rings. The molecule has 0 saturated heterocycles. The fourth-order valence-corrected chi connectivity index (χ4v) is 3.11. The molecular formula is C15H20N4O2S2. The number of benzene rings is 1. The van der Waals surface area contributed by atoms with Gasteiger partial charge in [-0.2, -0.15) is 0 Å². The lowest BCUT2D eigenvalue weighted by Gasteiger charge is -2.05. The van der Waals surface area contributed by atoms with Crippen LogP contribution < -0.4 is 10.8 Å². The van der Waals surface area contributed by atoms with Crippen molar-refractivity contribution in [3.8, 4) is 0 Å². The molecule has 2 rings (SSSR count). The summed E-state index contributed by atoms with van der Waals surface area (Å²) in [5.74, 6) is 0.591. The first-order valence-corrected chi connectivity index (χ1v) is 9.08. The van der Waals surface area contributed by atoms with Gasteiger partial charge in [0, 0.05) is 6.54 Å². The van der Waals surface area contributed by atoms with Gasteiger partial charge in [-0.3, -0.25) is 9.63 Å². The molecule has 1 aromatic heterocycles. The van der Waals surface area contributed by atoms with Gasteiger partial charge in [0.2, 0.25) is 5.13 Å². The number of nitrogens with zero attached hydrogens (tertiary/aromatic N) is 2. The molecule has 0 fully saturated rings. The molecule has 0 bridgehead atoms. The van der Waals surface area contributed by atoms with Crippen molar-refractivity contribution in [2.24, 2.45) is 5.92 Å². The smallest absolute Gasteiger partial charge is 0.253 e. The molecular weight excluding hydrogens is 332 g/mol. The summed E-state index contributed by atoms with van der Waals surface area (Å²) < 4.78 is 0.759. The largest absolute Gasteiger partial charge is 0.360 e. The number of hydroxylamine groups is 1. The third-order valence-corrected chi connectivity index (χ3v) is 4.68. The van der Waals surface area contributed by atoms with Gasteiger partial charge in [-0.25, -0.2) is 5.48 Å². The van der Waals surface area contributed by atoms with Crippen LogP contribution in [0.4, 0.5) is 5.13 Å². The van der Waals surface area contributed by atoms with Crippen molar-refractivity contribution in [3.05, 3.63) is 35.9 Å². The predicted octanol–water partition coefficient (Wildman–Crippen LogP) is 2.95. The average molecular weight is 352 g/mol. The predicted molar refractivity (Wildman–Crippen MR) is 93.3 cm³/mol. The van der Waals surface area contributed by atoms with E-state index < -0.39 is 0 Å². The molecule has 1 aromatic carbocycles. The van der Waals surface area contributed by atoms with Crippen LogP contribution in [0.15, 0.2) is 34.7 Å². The van der Waals surface area contributed by atoms with E-state index in [1.54, 1.807) is 0 Å². The van der Waals surface area contributed by atoms with Gasteiger partial charge in [0.25, 0.3) is 5.91 Å². The molecule has 0 atom stereocenters. The van der Waals surface area contributed by atoms with Crippen LogP contribution in [0.1, 0.15) is 19.4 Å². The highest BCUT2D eigenvalue weighted by molar-refractivity contribution is 8.01. The third-order valence-electron chi connectivity index (χ3n) is 2.66. The zero-order chi connectivity index (χ0) is 16.5. The molecule has 0 aliphatic heterocycles. The van der Waals surface area contributed by atoms with Gasteiger partial charge >= 0.3 is 0 Å². The van der Waals surface area contributed by atoms with E-state index in [0.29, 0.717) is 12.5 Å². The topological polar surface area (TPSA) is 76.1 Å². The monoisotopic (exact) mass is 352 g/mol. The summed E-state index contributed by atoms with van der Waals surface area (Å²) in [4.78, 5) is 16.9. The fourth-order valence-electron chi connectivity index (χ4n) is 1.56. The SMILES string of the molecule is CC(C)CNc1nnc(SCC(=O)NOCc2ccccc2)s1. The van der Waals surface area contributed by atoms with Crippen LogP contribution in [0, 0.1) is 5.92 Å². The van der Waals surface area contributed by atoms with Crippen LogP contribution in [0.3, 0.4) is 0 Å². The van der Waals surface area contributed by atoms with Gasteiger partial charge in [-0.15, -0.1) is 10.2 Å². The maximum Gasteiger partial charge on any atom is 0.253 e. The maximum absolute atomic E-state index is 11.7. The van der Waals surface area contributed by atoms with Gasteiger partial charge in [0.1, 0.15) is 0 Å². The zero-order valence-corrected chi connectivity index (χ0v) is 14.7. The molecule has 23 heavy (non-hydrogen) atoms. The molecule has 0 saturated carbocycles. The Balaban J connectivity index is 1.64. The summed E-state index contributed by atoms with van der Waals surface area (Å²) >= 11 is 2.79. The van der Waals surface area contributed by atoms with Crippen LogP contribution in [0.5, 0.6) is 0 Å². The summed E-state index contributed by atoms with van der Waals surface area (Å²) in [6.07, 6.45) is 0. The highest BCUT2D eigenvalue weighted by Gasteiger charge is 2.08. The zero-order valence-electron chi connectivity index (χ0n) is 13.1. The average Bonchev–Trinajstić information content (AvgIpc) is 3.00. The van der Waals surface area contributed by atoms with Crippen molar-refractivity contribution in [3.63, 3.8) is 0 Å². The molecule has 0 spiro atoms. The highest BCUT2D eigenvalue weighted by Crippen LogP contribution is 2.25. The van der Waals surface area contributed by atoms with Gasteiger partial charge < -0.3 is 5.32 Å². The van der Waals surface area contributed by atoms with Crippen molar-refractivity contribution in [1.82, 2.24) is 15.7 Å². The minimum atomic E-state index is -0.196. The fraction of sp³-hybridized carbons (Fsp3) is 0.400. The molecule has 2 aromatic rings. The Morgan fingerprint density at radius 1 is 1.30 bits per heavy atom. The Bertz CT molecular complexity index is 605. The Morgan fingerprint density at radius 3 is 2.83 bits per heavy atom. The number of nitrogens with one attached hydrogen (secondary N) is 2. The Hall–Kier alpha value is -1.64. The van der Waals surface area contributed by atoms with Gasteiger partial charge in [-0.1, -0.05) is 67.3 Å². The van der Waals surface area contributed by atoms with E-state index in [1.807, 2.05) is 30.3 Å². The minimum Gasteiger partial charge on any atom is -0.360 e. The molecule has 0 unspecified atom stereocenters. The highest BCUT2D eigenvalue weighted by atomic mass is 32.2.